The van der Waals surface area contributed by atoms with Crippen LogP contribution in [0.15, 0.2) is 18.2 Å². The van der Waals surface area contributed by atoms with Gasteiger partial charge in [0, 0.05) is 0 Å². The first-order valence-corrected chi connectivity index (χ1v) is 10.4. The van der Waals surface area contributed by atoms with E-state index in [0.29, 0.717) is 12.5 Å². The molecule has 1 aliphatic rings. The third kappa shape index (κ3) is 6.55. The van der Waals surface area contributed by atoms with E-state index in [9.17, 15) is 4.79 Å². The maximum atomic E-state index is 12.8. The summed E-state index contributed by atoms with van der Waals surface area (Å²) in [6.07, 6.45) is 4.82. The highest BCUT2D eigenvalue weighted by atomic mass is 16.5. The molecule has 1 aromatic rings. The number of aryl methyl sites for hydroxylation is 2. The SMILES string of the molecule is Cc1ccc(C)c(OCCCC(C)(C)C(=O)OC2CC(C)CC(C)(C)C2)c1. The van der Waals surface area contributed by atoms with E-state index < -0.39 is 5.41 Å². The van der Waals surface area contributed by atoms with Crippen LogP contribution in [0.1, 0.15) is 77.8 Å². The second-order valence-corrected chi connectivity index (χ2v) is 10.0. The van der Waals surface area contributed by atoms with Crippen molar-refractivity contribution in [1.82, 2.24) is 0 Å². The van der Waals surface area contributed by atoms with Crippen molar-refractivity contribution >= 4 is 5.97 Å². The lowest BCUT2D eigenvalue weighted by molar-refractivity contribution is -0.164. The fourth-order valence-electron chi connectivity index (χ4n) is 4.32. The monoisotopic (exact) mass is 374 g/mol. The zero-order chi connectivity index (χ0) is 20.2. The van der Waals surface area contributed by atoms with E-state index >= 15 is 0 Å². The van der Waals surface area contributed by atoms with Gasteiger partial charge in [-0.3, -0.25) is 4.79 Å². The molecule has 3 nitrogen and oxygen atoms in total. The standard InChI is InChI=1S/C24H38O3/c1-17-9-10-19(3)21(14-17)26-12-8-11-24(6,7)22(25)27-20-13-18(2)15-23(4,5)16-20/h9-10,14,18,20H,8,11-13,15-16H2,1-7H3. The summed E-state index contributed by atoms with van der Waals surface area (Å²) in [5.41, 5.74) is 2.12. The van der Waals surface area contributed by atoms with Crippen LogP contribution in [0.5, 0.6) is 5.75 Å². The quantitative estimate of drug-likeness (QED) is 0.418. The van der Waals surface area contributed by atoms with E-state index in [1.165, 1.54) is 12.0 Å². The molecule has 0 spiro atoms. The third-order valence-electron chi connectivity index (χ3n) is 5.72. The molecule has 0 bridgehead atoms. The molecule has 1 fully saturated rings. The Labute approximate surface area is 165 Å². The molecule has 152 valence electrons. The average molecular weight is 375 g/mol. The van der Waals surface area contributed by atoms with Gasteiger partial charge < -0.3 is 9.47 Å². The van der Waals surface area contributed by atoms with Crippen LogP contribution >= 0.6 is 0 Å². The van der Waals surface area contributed by atoms with Gasteiger partial charge in [0.2, 0.25) is 0 Å². The Balaban J connectivity index is 1.81. The molecule has 27 heavy (non-hydrogen) atoms. The fraction of sp³-hybridized carbons (Fsp3) is 0.708. The lowest BCUT2D eigenvalue weighted by Crippen LogP contribution is -2.37. The van der Waals surface area contributed by atoms with Crippen molar-refractivity contribution in [2.75, 3.05) is 6.61 Å². The zero-order valence-electron chi connectivity index (χ0n) is 18.4. The summed E-state index contributed by atoms with van der Waals surface area (Å²) in [6.45, 7) is 15.5. The second kappa shape index (κ2) is 8.67. The molecule has 2 rings (SSSR count). The normalized spacial score (nSPS) is 22.3. The summed E-state index contributed by atoms with van der Waals surface area (Å²) < 4.78 is 11.9. The maximum Gasteiger partial charge on any atom is 0.311 e. The van der Waals surface area contributed by atoms with Gasteiger partial charge >= 0.3 is 5.97 Å². The molecule has 2 unspecified atom stereocenters. The van der Waals surface area contributed by atoms with Crippen molar-refractivity contribution in [3.05, 3.63) is 29.3 Å². The molecule has 2 atom stereocenters. The number of carbonyl (C=O) groups excluding carboxylic acids is 1. The summed E-state index contributed by atoms with van der Waals surface area (Å²) in [4.78, 5) is 12.8. The molecule has 0 aliphatic heterocycles. The van der Waals surface area contributed by atoms with Gasteiger partial charge in [0.05, 0.1) is 12.0 Å². The van der Waals surface area contributed by atoms with Crippen molar-refractivity contribution in [3.63, 3.8) is 0 Å². The number of rotatable bonds is 7. The van der Waals surface area contributed by atoms with Crippen LogP contribution in [0, 0.1) is 30.6 Å². The van der Waals surface area contributed by atoms with Crippen molar-refractivity contribution in [3.8, 4) is 5.75 Å². The summed E-state index contributed by atoms with van der Waals surface area (Å²) in [6, 6.07) is 6.24. The predicted octanol–water partition coefficient (Wildman–Crippen LogP) is 6.25. The maximum absolute atomic E-state index is 12.8. The lowest BCUT2D eigenvalue weighted by atomic mass is 9.71. The molecule has 1 saturated carbocycles. The lowest BCUT2D eigenvalue weighted by Gasteiger charge is -2.39. The van der Waals surface area contributed by atoms with Gasteiger partial charge in [-0.05, 0) is 88.3 Å². The van der Waals surface area contributed by atoms with Crippen molar-refractivity contribution in [1.29, 1.82) is 0 Å². The number of esters is 1. The number of carbonyl (C=O) groups is 1. The van der Waals surface area contributed by atoms with Crippen LogP contribution in [0.25, 0.3) is 0 Å². The molecule has 3 heteroatoms. The smallest absolute Gasteiger partial charge is 0.311 e. The van der Waals surface area contributed by atoms with Gasteiger partial charge in [0.25, 0.3) is 0 Å². The molecule has 0 amide bonds. The third-order valence-corrected chi connectivity index (χ3v) is 5.72. The molecule has 0 radical (unpaired) electrons. The highest BCUT2D eigenvalue weighted by Crippen LogP contribution is 2.40. The largest absolute Gasteiger partial charge is 0.493 e. The number of ether oxygens (including phenoxy) is 2. The van der Waals surface area contributed by atoms with E-state index in [0.717, 1.165) is 37.0 Å². The van der Waals surface area contributed by atoms with Crippen LogP contribution < -0.4 is 4.74 Å². The molecule has 1 aromatic carbocycles. The Bertz CT molecular complexity index is 645. The number of hydrogen-bond acceptors (Lipinski definition) is 3. The van der Waals surface area contributed by atoms with Crippen LogP contribution in [-0.2, 0) is 9.53 Å². The van der Waals surface area contributed by atoms with Crippen LogP contribution in [-0.4, -0.2) is 18.7 Å². The van der Waals surface area contributed by atoms with E-state index in [2.05, 4.69) is 52.8 Å². The molecule has 1 aliphatic carbocycles. The minimum absolute atomic E-state index is 0.0571. The molecular weight excluding hydrogens is 336 g/mol. The summed E-state index contributed by atoms with van der Waals surface area (Å²) in [7, 11) is 0. The predicted molar refractivity (Wildman–Crippen MR) is 111 cm³/mol. The van der Waals surface area contributed by atoms with Gasteiger partial charge in [0.1, 0.15) is 11.9 Å². The number of hydrogen-bond donors (Lipinski definition) is 0. The van der Waals surface area contributed by atoms with Gasteiger partial charge in [0.15, 0.2) is 0 Å². The Morgan fingerprint density at radius 3 is 2.59 bits per heavy atom. The molecule has 0 saturated heterocycles. The van der Waals surface area contributed by atoms with E-state index in [4.69, 9.17) is 9.47 Å². The second-order valence-electron chi connectivity index (χ2n) is 10.0. The van der Waals surface area contributed by atoms with E-state index in [1.807, 2.05) is 13.8 Å². The topological polar surface area (TPSA) is 35.5 Å². The minimum atomic E-state index is -0.476. The Kier molecular flexibility index (Phi) is 6.99. The Hall–Kier alpha value is -1.51. The average Bonchev–Trinajstić information content (AvgIpc) is 2.52. The minimum Gasteiger partial charge on any atom is -0.493 e. The molecular formula is C24H38O3. The van der Waals surface area contributed by atoms with Crippen LogP contribution in [0.2, 0.25) is 0 Å². The first-order valence-electron chi connectivity index (χ1n) is 10.4. The van der Waals surface area contributed by atoms with Crippen LogP contribution in [0.3, 0.4) is 0 Å². The van der Waals surface area contributed by atoms with Gasteiger partial charge in [-0.2, -0.15) is 0 Å². The molecule has 0 N–H and O–H groups in total. The van der Waals surface area contributed by atoms with Crippen molar-refractivity contribution in [2.24, 2.45) is 16.7 Å². The highest BCUT2D eigenvalue weighted by molar-refractivity contribution is 5.76. The highest BCUT2D eigenvalue weighted by Gasteiger charge is 2.37. The first-order chi connectivity index (χ1) is 12.5. The summed E-state index contributed by atoms with van der Waals surface area (Å²) in [5, 5.41) is 0. The Morgan fingerprint density at radius 2 is 1.93 bits per heavy atom. The van der Waals surface area contributed by atoms with Crippen molar-refractivity contribution in [2.45, 2.75) is 86.7 Å². The van der Waals surface area contributed by atoms with E-state index in [-0.39, 0.29) is 17.5 Å². The molecule has 0 aromatic heterocycles. The number of benzene rings is 1. The van der Waals surface area contributed by atoms with Gasteiger partial charge in [-0.25, -0.2) is 0 Å². The van der Waals surface area contributed by atoms with E-state index in [1.54, 1.807) is 0 Å². The van der Waals surface area contributed by atoms with Gasteiger partial charge in [-0.1, -0.05) is 32.9 Å². The summed E-state index contributed by atoms with van der Waals surface area (Å²) in [5.74, 6) is 1.48. The summed E-state index contributed by atoms with van der Waals surface area (Å²) >= 11 is 0. The molecule has 0 heterocycles. The zero-order valence-corrected chi connectivity index (χ0v) is 18.4. The van der Waals surface area contributed by atoms with Gasteiger partial charge in [-0.15, -0.1) is 0 Å². The fourth-order valence-corrected chi connectivity index (χ4v) is 4.32. The van der Waals surface area contributed by atoms with Crippen LogP contribution in [0.4, 0.5) is 0 Å². The van der Waals surface area contributed by atoms with Crippen molar-refractivity contribution < 1.29 is 14.3 Å². The Morgan fingerprint density at radius 1 is 1.22 bits per heavy atom. The first kappa shape index (κ1) is 21.8.